The summed E-state index contributed by atoms with van der Waals surface area (Å²) in [6.45, 7) is 7.16. The maximum absolute atomic E-state index is 2.42. The third-order valence-electron chi connectivity index (χ3n) is 2.46. The van der Waals surface area contributed by atoms with Crippen LogP contribution < -0.4 is 0 Å². The van der Waals surface area contributed by atoms with Gasteiger partial charge < -0.3 is 0 Å². The van der Waals surface area contributed by atoms with E-state index in [4.69, 9.17) is 0 Å². The van der Waals surface area contributed by atoms with Crippen LogP contribution in [0.2, 0.25) is 10.1 Å². The predicted molar refractivity (Wildman–Crippen MR) is 42.9 cm³/mol. The van der Waals surface area contributed by atoms with Crippen molar-refractivity contribution in [1.82, 2.24) is 0 Å². The standard InChI is InChI=1S/C8H16Se/c1-4-8-7(3)6(2)5-9-8/h6-8H,4-5H2,1-3H3/t6-,7+,8-/m1/s1. The molecule has 0 saturated carbocycles. The number of hydrogen-bond donors (Lipinski definition) is 0. The van der Waals surface area contributed by atoms with E-state index in [-0.39, 0.29) is 0 Å². The zero-order chi connectivity index (χ0) is 6.85. The Kier molecular flexibility index (Phi) is 2.60. The van der Waals surface area contributed by atoms with Crippen molar-refractivity contribution in [2.24, 2.45) is 11.8 Å². The van der Waals surface area contributed by atoms with Crippen LogP contribution >= 0.6 is 0 Å². The van der Waals surface area contributed by atoms with Crippen LogP contribution in [0, 0.1) is 11.8 Å². The molecule has 0 spiro atoms. The minimum atomic E-state index is 0.980. The summed E-state index contributed by atoms with van der Waals surface area (Å²) in [5, 5.41) is 1.53. The van der Waals surface area contributed by atoms with Gasteiger partial charge in [0.25, 0.3) is 0 Å². The molecule has 9 heavy (non-hydrogen) atoms. The Morgan fingerprint density at radius 1 is 1.44 bits per heavy atom. The van der Waals surface area contributed by atoms with Crippen molar-refractivity contribution in [2.45, 2.75) is 37.3 Å². The molecule has 3 atom stereocenters. The molecule has 1 saturated heterocycles. The van der Waals surface area contributed by atoms with Crippen molar-refractivity contribution in [3.8, 4) is 0 Å². The van der Waals surface area contributed by atoms with Gasteiger partial charge in [0, 0.05) is 0 Å². The fourth-order valence-corrected chi connectivity index (χ4v) is 4.92. The normalized spacial score (nSPS) is 43.7. The summed E-state index contributed by atoms with van der Waals surface area (Å²) in [4.78, 5) is 1.10. The topological polar surface area (TPSA) is 0 Å². The Labute approximate surface area is 64.6 Å². The first-order chi connectivity index (χ1) is 4.25. The molecule has 0 aromatic carbocycles. The van der Waals surface area contributed by atoms with Gasteiger partial charge >= 0.3 is 64.1 Å². The molecule has 1 rings (SSSR count). The molecule has 1 aliphatic rings. The summed E-state index contributed by atoms with van der Waals surface area (Å²) in [6, 6.07) is 0. The van der Waals surface area contributed by atoms with Crippen molar-refractivity contribution >= 4 is 15.0 Å². The molecular weight excluding hydrogens is 175 g/mol. The second kappa shape index (κ2) is 3.07. The number of hydrogen-bond acceptors (Lipinski definition) is 0. The SMILES string of the molecule is CC[C@H]1[Se]C[C@@H](C)[C@@H]1C. The van der Waals surface area contributed by atoms with Crippen LogP contribution in [0.1, 0.15) is 27.2 Å². The predicted octanol–water partition coefficient (Wildman–Crippen LogP) is 2.59. The first kappa shape index (κ1) is 7.62. The molecule has 0 bridgehead atoms. The Morgan fingerprint density at radius 2 is 2.11 bits per heavy atom. The summed E-state index contributed by atoms with van der Waals surface area (Å²) in [7, 11) is 0. The fraction of sp³-hybridized carbons (Fsp3) is 1.00. The molecule has 0 N–H and O–H groups in total. The van der Waals surface area contributed by atoms with Crippen LogP contribution in [0.3, 0.4) is 0 Å². The van der Waals surface area contributed by atoms with Gasteiger partial charge in [-0.2, -0.15) is 0 Å². The fourth-order valence-electron chi connectivity index (χ4n) is 1.44. The van der Waals surface area contributed by atoms with E-state index in [0.29, 0.717) is 0 Å². The van der Waals surface area contributed by atoms with E-state index in [0.717, 1.165) is 31.6 Å². The Bertz CT molecular complexity index is 90.6. The van der Waals surface area contributed by atoms with Gasteiger partial charge in [0.1, 0.15) is 0 Å². The van der Waals surface area contributed by atoms with Gasteiger partial charge in [-0.25, -0.2) is 0 Å². The van der Waals surface area contributed by atoms with Crippen molar-refractivity contribution in [3.63, 3.8) is 0 Å². The van der Waals surface area contributed by atoms with E-state index < -0.39 is 0 Å². The first-order valence-electron chi connectivity index (χ1n) is 3.87. The summed E-state index contributed by atoms with van der Waals surface area (Å²) in [5.74, 6) is 2.05. The third-order valence-corrected chi connectivity index (χ3v) is 6.46. The first-order valence-corrected chi connectivity index (χ1v) is 6.07. The van der Waals surface area contributed by atoms with Crippen LogP contribution in [-0.4, -0.2) is 15.0 Å². The van der Waals surface area contributed by atoms with Gasteiger partial charge in [-0.1, -0.05) is 0 Å². The van der Waals surface area contributed by atoms with Gasteiger partial charge in [-0.05, 0) is 0 Å². The van der Waals surface area contributed by atoms with Gasteiger partial charge in [-0.3, -0.25) is 0 Å². The van der Waals surface area contributed by atoms with Crippen molar-refractivity contribution in [3.05, 3.63) is 0 Å². The summed E-state index contributed by atoms with van der Waals surface area (Å²) in [5.41, 5.74) is 0. The second-order valence-corrected chi connectivity index (χ2v) is 5.79. The molecule has 1 fully saturated rings. The van der Waals surface area contributed by atoms with Crippen molar-refractivity contribution in [2.75, 3.05) is 0 Å². The van der Waals surface area contributed by atoms with Gasteiger partial charge in [0.05, 0.1) is 0 Å². The van der Waals surface area contributed by atoms with Crippen molar-refractivity contribution < 1.29 is 0 Å². The average Bonchev–Trinajstić information content (AvgIpc) is 2.15. The van der Waals surface area contributed by atoms with E-state index in [1.165, 1.54) is 11.7 Å². The molecule has 0 aliphatic carbocycles. The molecule has 0 radical (unpaired) electrons. The van der Waals surface area contributed by atoms with Gasteiger partial charge in [-0.15, -0.1) is 0 Å². The molecule has 0 nitrogen and oxygen atoms in total. The van der Waals surface area contributed by atoms with Crippen LogP contribution in [0.25, 0.3) is 0 Å². The quantitative estimate of drug-likeness (QED) is 0.559. The van der Waals surface area contributed by atoms with E-state index in [1.807, 2.05) is 0 Å². The average molecular weight is 191 g/mol. The summed E-state index contributed by atoms with van der Waals surface area (Å²) >= 11 is 0.980. The summed E-state index contributed by atoms with van der Waals surface area (Å²) in [6.07, 6.45) is 1.42. The third kappa shape index (κ3) is 1.50. The minimum absolute atomic E-state index is 0.980. The Balaban J connectivity index is 2.41. The van der Waals surface area contributed by atoms with Crippen LogP contribution in [-0.2, 0) is 0 Å². The Morgan fingerprint density at radius 3 is 2.33 bits per heavy atom. The molecule has 1 heterocycles. The van der Waals surface area contributed by atoms with E-state index in [2.05, 4.69) is 20.8 Å². The zero-order valence-corrected chi connectivity index (χ0v) is 8.27. The van der Waals surface area contributed by atoms with E-state index >= 15 is 0 Å². The molecule has 54 valence electrons. The Hall–Kier alpha value is 0.519. The van der Waals surface area contributed by atoms with Crippen LogP contribution in [0.5, 0.6) is 0 Å². The number of rotatable bonds is 1. The molecule has 0 aromatic rings. The molecule has 0 aromatic heterocycles. The molecule has 1 aliphatic heterocycles. The van der Waals surface area contributed by atoms with Gasteiger partial charge in [0.2, 0.25) is 0 Å². The molecule has 0 unspecified atom stereocenters. The van der Waals surface area contributed by atoms with E-state index in [9.17, 15) is 0 Å². The monoisotopic (exact) mass is 192 g/mol. The zero-order valence-electron chi connectivity index (χ0n) is 6.55. The second-order valence-electron chi connectivity index (χ2n) is 3.12. The molecule has 1 heteroatoms. The summed E-state index contributed by atoms with van der Waals surface area (Å²) < 4.78 is 0. The molecular formula is C8H16Se. The van der Waals surface area contributed by atoms with Crippen LogP contribution in [0.15, 0.2) is 0 Å². The molecule has 0 amide bonds. The van der Waals surface area contributed by atoms with E-state index in [1.54, 1.807) is 0 Å². The van der Waals surface area contributed by atoms with Gasteiger partial charge in [0.15, 0.2) is 0 Å². The van der Waals surface area contributed by atoms with Crippen molar-refractivity contribution in [1.29, 1.82) is 0 Å². The van der Waals surface area contributed by atoms with Crippen LogP contribution in [0.4, 0.5) is 0 Å². The maximum atomic E-state index is 2.42.